The third kappa shape index (κ3) is 3.44. The minimum atomic E-state index is -3.42. The van der Waals surface area contributed by atoms with Crippen molar-refractivity contribution in [3.8, 4) is 0 Å². The van der Waals surface area contributed by atoms with Gasteiger partial charge >= 0.3 is 0 Å². The number of anilines is 1. The van der Waals surface area contributed by atoms with Crippen molar-refractivity contribution in [3.05, 3.63) is 35.5 Å². The van der Waals surface area contributed by atoms with E-state index in [0.717, 1.165) is 37.1 Å². The summed E-state index contributed by atoms with van der Waals surface area (Å²) in [4.78, 5) is 6.67. The summed E-state index contributed by atoms with van der Waals surface area (Å²) in [6.07, 6.45) is 2.73. The Labute approximate surface area is 158 Å². The molecule has 0 bridgehead atoms. The summed E-state index contributed by atoms with van der Waals surface area (Å²) in [5.41, 5.74) is 7.57. The van der Waals surface area contributed by atoms with Crippen molar-refractivity contribution in [2.45, 2.75) is 37.2 Å². The first-order valence-electron chi connectivity index (χ1n) is 8.47. The number of fused-ring (bicyclic) bond motifs is 1. The fourth-order valence-electron chi connectivity index (χ4n) is 3.44. The van der Waals surface area contributed by atoms with Crippen LogP contribution in [-0.4, -0.2) is 42.5 Å². The van der Waals surface area contributed by atoms with Crippen LogP contribution in [0.25, 0.3) is 0 Å². The highest BCUT2D eigenvalue weighted by Gasteiger charge is 2.29. The van der Waals surface area contributed by atoms with Gasteiger partial charge in [-0.2, -0.15) is 9.29 Å². The SMILES string of the molecule is Cl.NCc1nc(CN2CCc3ccc(S(=O)(=O)N4CCCC4)cc32)no1. The maximum atomic E-state index is 12.8. The molecule has 2 aromatic rings. The van der Waals surface area contributed by atoms with Crippen molar-refractivity contribution in [2.24, 2.45) is 5.73 Å². The molecule has 8 nitrogen and oxygen atoms in total. The minimum Gasteiger partial charge on any atom is -0.363 e. The van der Waals surface area contributed by atoms with Gasteiger partial charge in [-0.15, -0.1) is 12.4 Å². The molecule has 0 aliphatic carbocycles. The summed E-state index contributed by atoms with van der Waals surface area (Å²) in [6.45, 7) is 2.70. The molecule has 0 radical (unpaired) electrons. The number of halogens is 1. The van der Waals surface area contributed by atoms with E-state index in [1.165, 1.54) is 0 Å². The number of nitrogens with zero attached hydrogens (tertiary/aromatic N) is 4. The Kier molecular flexibility index (Phi) is 5.52. The van der Waals surface area contributed by atoms with Gasteiger partial charge in [-0.05, 0) is 37.0 Å². The third-order valence-electron chi connectivity index (χ3n) is 4.77. The van der Waals surface area contributed by atoms with E-state index in [4.69, 9.17) is 10.3 Å². The highest BCUT2D eigenvalue weighted by Crippen LogP contribution is 2.33. The Morgan fingerprint density at radius 1 is 1.19 bits per heavy atom. The first-order chi connectivity index (χ1) is 12.1. The zero-order valence-corrected chi connectivity index (χ0v) is 15.9. The van der Waals surface area contributed by atoms with Crippen LogP contribution in [0, 0.1) is 0 Å². The molecular weight excluding hydrogens is 378 g/mol. The van der Waals surface area contributed by atoms with Crippen molar-refractivity contribution < 1.29 is 12.9 Å². The Bertz CT molecular complexity index is 880. The van der Waals surface area contributed by atoms with Gasteiger partial charge < -0.3 is 15.2 Å². The Hall–Kier alpha value is -1.68. The lowest BCUT2D eigenvalue weighted by Gasteiger charge is -2.20. The van der Waals surface area contributed by atoms with Crippen LogP contribution in [0.4, 0.5) is 5.69 Å². The van der Waals surface area contributed by atoms with Crippen LogP contribution < -0.4 is 10.6 Å². The standard InChI is InChI=1S/C16H21N5O3S.ClH/c17-10-16-18-15(19-24-16)11-20-8-5-12-3-4-13(9-14(12)20)25(22,23)21-6-1-2-7-21;/h3-4,9H,1-2,5-8,10-11,17H2;1H. The second kappa shape index (κ2) is 7.51. The second-order valence-electron chi connectivity index (χ2n) is 6.38. The quantitative estimate of drug-likeness (QED) is 0.807. The molecule has 2 aliphatic heterocycles. The molecule has 1 aromatic carbocycles. The maximum Gasteiger partial charge on any atom is 0.243 e. The molecular formula is C16H22ClN5O3S. The van der Waals surface area contributed by atoms with Crippen LogP contribution in [0.1, 0.15) is 30.1 Å². The molecule has 3 heterocycles. The molecule has 1 fully saturated rings. The van der Waals surface area contributed by atoms with Crippen LogP contribution >= 0.6 is 12.4 Å². The number of benzene rings is 1. The molecule has 142 valence electrons. The summed E-state index contributed by atoms with van der Waals surface area (Å²) in [5, 5.41) is 3.92. The van der Waals surface area contributed by atoms with Crippen LogP contribution in [0.15, 0.2) is 27.6 Å². The van der Waals surface area contributed by atoms with E-state index in [1.807, 2.05) is 6.07 Å². The zero-order valence-electron chi connectivity index (χ0n) is 14.3. The molecule has 1 saturated heterocycles. The first-order valence-corrected chi connectivity index (χ1v) is 9.91. The summed E-state index contributed by atoms with van der Waals surface area (Å²) < 4.78 is 32.2. The third-order valence-corrected chi connectivity index (χ3v) is 6.66. The summed E-state index contributed by atoms with van der Waals surface area (Å²) in [5.74, 6) is 0.959. The van der Waals surface area contributed by atoms with E-state index in [9.17, 15) is 8.42 Å². The number of hydrogen-bond acceptors (Lipinski definition) is 7. The molecule has 0 unspecified atom stereocenters. The average molecular weight is 400 g/mol. The lowest BCUT2D eigenvalue weighted by Crippen LogP contribution is -2.28. The van der Waals surface area contributed by atoms with Crippen molar-refractivity contribution in [3.63, 3.8) is 0 Å². The summed E-state index contributed by atoms with van der Waals surface area (Å²) in [6, 6.07) is 5.41. The number of sulfonamides is 1. The molecule has 2 N–H and O–H groups in total. The predicted molar refractivity (Wildman–Crippen MR) is 98.6 cm³/mol. The van der Waals surface area contributed by atoms with Crippen LogP contribution in [0.3, 0.4) is 0 Å². The maximum absolute atomic E-state index is 12.8. The van der Waals surface area contributed by atoms with E-state index in [0.29, 0.717) is 36.2 Å². The molecule has 0 amide bonds. The molecule has 0 saturated carbocycles. The zero-order chi connectivity index (χ0) is 17.4. The summed E-state index contributed by atoms with van der Waals surface area (Å²) >= 11 is 0. The lowest BCUT2D eigenvalue weighted by atomic mass is 10.2. The van der Waals surface area contributed by atoms with E-state index in [1.54, 1.807) is 16.4 Å². The average Bonchev–Trinajstić information content (AvgIpc) is 3.36. The summed E-state index contributed by atoms with van der Waals surface area (Å²) in [7, 11) is -3.42. The van der Waals surface area contributed by atoms with Crippen molar-refractivity contribution in [1.82, 2.24) is 14.4 Å². The monoisotopic (exact) mass is 399 g/mol. The van der Waals surface area contributed by atoms with Crippen LogP contribution in [0.2, 0.25) is 0 Å². The van der Waals surface area contributed by atoms with E-state index in [2.05, 4.69) is 15.0 Å². The lowest BCUT2D eigenvalue weighted by molar-refractivity contribution is 0.374. The molecule has 4 rings (SSSR count). The first kappa shape index (κ1) is 19.1. The Morgan fingerprint density at radius 2 is 1.96 bits per heavy atom. The van der Waals surface area contributed by atoms with Gasteiger partial charge in [0.05, 0.1) is 18.0 Å². The molecule has 10 heteroatoms. The van der Waals surface area contributed by atoms with Gasteiger partial charge in [0.25, 0.3) is 0 Å². The van der Waals surface area contributed by atoms with Gasteiger partial charge in [-0.3, -0.25) is 0 Å². The van der Waals surface area contributed by atoms with Crippen molar-refractivity contribution in [2.75, 3.05) is 24.5 Å². The molecule has 0 atom stereocenters. The molecule has 2 aliphatic rings. The predicted octanol–water partition coefficient (Wildman–Crippen LogP) is 1.30. The Morgan fingerprint density at radius 3 is 2.65 bits per heavy atom. The van der Waals surface area contributed by atoms with Crippen LogP contribution in [-0.2, 0) is 29.5 Å². The topological polar surface area (TPSA) is 106 Å². The molecule has 1 aromatic heterocycles. The van der Waals surface area contributed by atoms with Crippen LogP contribution in [0.5, 0.6) is 0 Å². The van der Waals surface area contributed by atoms with E-state index < -0.39 is 10.0 Å². The number of rotatable bonds is 5. The number of aromatic nitrogens is 2. The van der Waals surface area contributed by atoms with Gasteiger partial charge in [0.1, 0.15) is 0 Å². The van der Waals surface area contributed by atoms with Gasteiger partial charge in [0, 0.05) is 25.3 Å². The van der Waals surface area contributed by atoms with Crippen molar-refractivity contribution >= 4 is 28.1 Å². The van der Waals surface area contributed by atoms with Crippen molar-refractivity contribution in [1.29, 1.82) is 0 Å². The number of hydrogen-bond donors (Lipinski definition) is 1. The molecule has 0 spiro atoms. The minimum absolute atomic E-state index is 0. The highest BCUT2D eigenvalue weighted by atomic mass is 35.5. The highest BCUT2D eigenvalue weighted by molar-refractivity contribution is 7.89. The van der Waals surface area contributed by atoms with E-state index in [-0.39, 0.29) is 19.0 Å². The largest absolute Gasteiger partial charge is 0.363 e. The van der Waals surface area contributed by atoms with Gasteiger partial charge in [0.15, 0.2) is 5.82 Å². The Balaban J connectivity index is 0.00000196. The smallest absolute Gasteiger partial charge is 0.243 e. The fraction of sp³-hybridized carbons (Fsp3) is 0.500. The second-order valence-corrected chi connectivity index (χ2v) is 8.32. The fourth-order valence-corrected chi connectivity index (χ4v) is 4.97. The van der Waals surface area contributed by atoms with E-state index >= 15 is 0 Å². The number of nitrogens with two attached hydrogens (primary N) is 1. The van der Waals surface area contributed by atoms with Gasteiger partial charge in [-0.1, -0.05) is 11.2 Å². The van der Waals surface area contributed by atoms with Gasteiger partial charge in [-0.25, -0.2) is 8.42 Å². The normalized spacial score (nSPS) is 17.3. The van der Waals surface area contributed by atoms with Gasteiger partial charge in [0.2, 0.25) is 15.9 Å². The molecule has 26 heavy (non-hydrogen) atoms.